The number of rotatable bonds is 10. The van der Waals surface area contributed by atoms with Gasteiger partial charge in [-0.2, -0.15) is 11.8 Å². The molecule has 0 aliphatic carbocycles. The molecule has 0 aromatic carbocycles. The van der Waals surface area contributed by atoms with E-state index in [-0.39, 0.29) is 10.5 Å². The fourth-order valence-electron chi connectivity index (χ4n) is 1.54. The lowest BCUT2D eigenvalue weighted by molar-refractivity contribution is 0.461. The molecule has 0 saturated carbocycles. The van der Waals surface area contributed by atoms with Gasteiger partial charge in [0, 0.05) is 31.4 Å². The van der Waals surface area contributed by atoms with Gasteiger partial charge in [-0.3, -0.25) is 4.99 Å². The van der Waals surface area contributed by atoms with Crippen LogP contribution in [0.15, 0.2) is 4.99 Å². The van der Waals surface area contributed by atoms with Crippen LogP contribution in [0.3, 0.4) is 0 Å². The summed E-state index contributed by atoms with van der Waals surface area (Å²) in [6.45, 7) is 10.7. The number of hydrogen-bond donors (Lipinski definition) is 2. The summed E-state index contributed by atoms with van der Waals surface area (Å²) in [7, 11) is -1.46. The first-order chi connectivity index (χ1) is 10.2. The molecule has 0 aromatic heterocycles. The quantitative estimate of drug-likeness (QED) is 0.353. The van der Waals surface area contributed by atoms with Crippen LogP contribution in [-0.2, 0) is 10.0 Å². The largest absolute Gasteiger partial charge is 0.357 e. The highest BCUT2D eigenvalue weighted by molar-refractivity contribution is 7.99. The summed E-state index contributed by atoms with van der Waals surface area (Å²) in [6, 6.07) is 0. The van der Waals surface area contributed by atoms with Crippen molar-refractivity contribution in [3.8, 4) is 0 Å². The Kier molecular flexibility index (Phi) is 10.1. The van der Waals surface area contributed by atoms with Gasteiger partial charge in [-0.15, -0.1) is 0 Å². The van der Waals surface area contributed by atoms with Gasteiger partial charge in [0.1, 0.15) is 0 Å². The van der Waals surface area contributed by atoms with E-state index >= 15 is 0 Å². The van der Waals surface area contributed by atoms with Gasteiger partial charge < -0.3 is 10.6 Å². The minimum absolute atomic E-state index is 0.109. The molecule has 0 spiro atoms. The average Bonchev–Trinajstić information content (AvgIpc) is 2.48. The van der Waals surface area contributed by atoms with Gasteiger partial charge in [0.15, 0.2) is 5.96 Å². The number of sulfonamides is 1. The highest BCUT2D eigenvalue weighted by Gasteiger charge is 2.16. The van der Waals surface area contributed by atoms with Crippen LogP contribution >= 0.6 is 11.8 Å². The van der Waals surface area contributed by atoms with Crippen LogP contribution in [-0.4, -0.2) is 68.7 Å². The van der Waals surface area contributed by atoms with Crippen molar-refractivity contribution in [1.82, 2.24) is 14.9 Å². The van der Waals surface area contributed by atoms with Gasteiger partial charge in [0.05, 0.1) is 12.3 Å². The lowest BCUT2D eigenvalue weighted by atomic mass is 10.2. The van der Waals surface area contributed by atoms with Crippen molar-refractivity contribution < 1.29 is 8.42 Å². The van der Waals surface area contributed by atoms with Gasteiger partial charge in [-0.05, 0) is 40.4 Å². The number of nitrogens with zero attached hydrogens (tertiary/aromatic N) is 2. The van der Waals surface area contributed by atoms with Crippen LogP contribution in [0.25, 0.3) is 0 Å². The van der Waals surface area contributed by atoms with Crippen LogP contribution in [0, 0.1) is 0 Å². The molecule has 0 atom stereocenters. The number of hydrogen-bond acceptors (Lipinski definition) is 4. The van der Waals surface area contributed by atoms with Crippen molar-refractivity contribution >= 4 is 27.7 Å². The van der Waals surface area contributed by atoms with E-state index in [9.17, 15) is 8.42 Å². The first-order valence-corrected chi connectivity index (χ1v) is 10.5. The van der Waals surface area contributed by atoms with E-state index in [4.69, 9.17) is 0 Å². The molecular weight excluding hydrogens is 320 g/mol. The lowest BCUT2D eigenvalue weighted by Crippen LogP contribution is -2.40. The smallest absolute Gasteiger partial charge is 0.213 e. The molecule has 0 radical (unpaired) electrons. The van der Waals surface area contributed by atoms with Gasteiger partial charge in [0.2, 0.25) is 10.0 Å². The third kappa shape index (κ3) is 8.85. The third-order valence-electron chi connectivity index (χ3n) is 3.30. The van der Waals surface area contributed by atoms with E-state index in [1.165, 1.54) is 4.31 Å². The normalized spacial score (nSPS) is 13.5. The predicted molar refractivity (Wildman–Crippen MR) is 98.3 cm³/mol. The fourth-order valence-corrected chi connectivity index (χ4v) is 2.59. The predicted octanol–water partition coefficient (Wildman–Crippen LogP) is 1.35. The molecule has 0 saturated heterocycles. The lowest BCUT2D eigenvalue weighted by Gasteiger charge is -2.20. The molecule has 0 rings (SSSR count). The summed E-state index contributed by atoms with van der Waals surface area (Å²) < 4.78 is 24.8. The Hall–Kier alpha value is -0.470. The average molecular weight is 353 g/mol. The fraction of sp³-hybridized carbons (Fsp3) is 0.929. The minimum atomic E-state index is -3.09. The highest BCUT2D eigenvalue weighted by atomic mass is 32.2. The van der Waals surface area contributed by atoms with E-state index in [0.29, 0.717) is 13.1 Å². The molecule has 0 amide bonds. The zero-order valence-corrected chi connectivity index (χ0v) is 16.4. The zero-order chi connectivity index (χ0) is 17.2. The SMILES string of the molecule is CCNC(=NCC(C)(C)SC)NCCCN(C)S(=O)(=O)CC. The summed E-state index contributed by atoms with van der Waals surface area (Å²) in [5.41, 5.74) is 0. The molecule has 0 unspecified atom stereocenters. The second-order valence-electron chi connectivity index (χ2n) is 5.66. The van der Waals surface area contributed by atoms with Crippen molar-refractivity contribution in [2.75, 3.05) is 45.2 Å². The Labute approximate surface area is 140 Å². The molecule has 0 bridgehead atoms. The number of guanidine groups is 1. The van der Waals surface area contributed by atoms with Crippen molar-refractivity contribution in [2.24, 2.45) is 4.99 Å². The number of thioether (sulfide) groups is 1. The van der Waals surface area contributed by atoms with Crippen molar-refractivity contribution in [3.05, 3.63) is 0 Å². The highest BCUT2D eigenvalue weighted by Crippen LogP contribution is 2.20. The zero-order valence-electron chi connectivity index (χ0n) is 14.8. The van der Waals surface area contributed by atoms with E-state index < -0.39 is 10.0 Å². The van der Waals surface area contributed by atoms with Gasteiger partial charge in [0.25, 0.3) is 0 Å². The van der Waals surface area contributed by atoms with E-state index in [0.717, 1.165) is 25.5 Å². The molecule has 6 nitrogen and oxygen atoms in total. The molecule has 8 heteroatoms. The molecule has 22 heavy (non-hydrogen) atoms. The Morgan fingerprint density at radius 2 is 1.91 bits per heavy atom. The number of nitrogens with one attached hydrogen (secondary N) is 2. The summed E-state index contributed by atoms with van der Waals surface area (Å²) >= 11 is 1.79. The molecule has 132 valence electrons. The standard InChI is InChI=1S/C14H32N4O2S2/c1-7-15-13(17-12-14(3,4)21-6)16-10-9-11-18(5)22(19,20)8-2/h7-12H2,1-6H3,(H2,15,16,17). The Morgan fingerprint density at radius 3 is 2.41 bits per heavy atom. The Morgan fingerprint density at radius 1 is 1.27 bits per heavy atom. The first-order valence-electron chi connectivity index (χ1n) is 7.70. The van der Waals surface area contributed by atoms with Crippen LogP contribution in [0.1, 0.15) is 34.1 Å². The van der Waals surface area contributed by atoms with Crippen LogP contribution in [0.5, 0.6) is 0 Å². The topological polar surface area (TPSA) is 73.8 Å². The summed E-state index contributed by atoms with van der Waals surface area (Å²) in [6.07, 6.45) is 2.83. The molecule has 0 aliphatic rings. The van der Waals surface area contributed by atoms with Crippen LogP contribution in [0.2, 0.25) is 0 Å². The second-order valence-corrected chi connectivity index (χ2v) is 9.54. The van der Waals surface area contributed by atoms with E-state index in [1.807, 2.05) is 6.92 Å². The summed E-state index contributed by atoms with van der Waals surface area (Å²) in [5.74, 6) is 0.927. The monoisotopic (exact) mass is 352 g/mol. The van der Waals surface area contributed by atoms with Crippen molar-refractivity contribution in [1.29, 1.82) is 0 Å². The van der Waals surface area contributed by atoms with Crippen molar-refractivity contribution in [2.45, 2.75) is 38.9 Å². The Balaban J connectivity index is 4.30. The van der Waals surface area contributed by atoms with Gasteiger partial charge in [-0.25, -0.2) is 12.7 Å². The first kappa shape index (κ1) is 21.5. The Bertz CT molecular complexity index is 436. The second kappa shape index (κ2) is 10.3. The molecule has 0 heterocycles. The maximum Gasteiger partial charge on any atom is 0.213 e. The molecule has 2 N–H and O–H groups in total. The molecule has 0 aliphatic heterocycles. The minimum Gasteiger partial charge on any atom is -0.357 e. The van der Waals surface area contributed by atoms with Crippen LogP contribution < -0.4 is 10.6 Å². The summed E-state index contributed by atoms with van der Waals surface area (Å²) in [5, 5.41) is 6.46. The van der Waals surface area contributed by atoms with E-state index in [2.05, 4.69) is 35.7 Å². The maximum absolute atomic E-state index is 11.6. The van der Waals surface area contributed by atoms with Crippen molar-refractivity contribution in [3.63, 3.8) is 0 Å². The van der Waals surface area contributed by atoms with Crippen LogP contribution in [0.4, 0.5) is 0 Å². The van der Waals surface area contributed by atoms with E-state index in [1.54, 1.807) is 25.7 Å². The molecule has 0 aromatic rings. The maximum atomic E-state index is 11.6. The summed E-state index contributed by atoms with van der Waals surface area (Å²) in [4.78, 5) is 4.58. The molecule has 0 fully saturated rings. The number of aliphatic imine (C=N–C) groups is 1. The van der Waals surface area contributed by atoms with Gasteiger partial charge in [-0.1, -0.05) is 0 Å². The van der Waals surface area contributed by atoms with Gasteiger partial charge >= 0.3 is 0 Å². The third-order valence-corrected chi connectivity index (χ3v) is 6.39. The molecular formula is C14H32N4O2S2.